The minimum absolute atomic E-state index is 0.480. The van der Waals surface area contributed by atoms with Crippen LogP contribution in [0.25, 0.3) is 0 Å². The van der Waals surface area contributed by atoms with Gasteiger partial charge in [-0.1, -0.05) is 18.2 Å². The van der Waals surface area contributed by atoms with Crippen molar-refractivity contribution in [2.45, 2.75) is 0 Å². The van der Waals surface area contributed by atoms with Crippen LogP contribution in [0.2, 0.25) is 0 Å². The summed E-state index contributed by atoms with van der Waals surface area (Å²) in [6.07, 6.45) is 0. The van der Waals surface area contributed by atoms with Gasteiger partial charge in [-0.2, -0.15) is 10.2 Å². The summed E-state index contributed by atoms with van der Waals surface area (Å²) < 4.78 is 0. The van der Waals surface area contributed by atoms with E-state index in [-0.39, 0.29) is 0 Å². The molecule has 0 atom stereocenters. The highest BCUT2D eigenvalue weighted by Crippen LogP contribution is 2.18. The Labute approximate surface area is 88.3 Å². The molecule has 0 spiro atoms. The topological polar surface area (TPSA) is 48.5 Å². The third kappa shape index (κ3) is 2.64. The van der Waals surface area contributed by atoms with Gasteiger partial charge >= 0.3 is 0 Å². The maximum absolute atomic E-state index is 7.32. The fraction of sp³-hybridized carbons (Fsp3) is 0. The van der Waals surface area contributed by atoms with Gasteiger partial charge < -0.3 is 5.73 Å². The number of hydrogen-bond acceptors (Lipinski definition) is 2. The van der Waals surface area contributed by atoms with Gasteiger partial charge in [0, 0.05) is 0 Å². The van der Waals surface area contributed by atoms with Crippen LogP contribution in [0.1, 0.15) is 0 Å². The van der Waals surface area contributed by atoms with E-state index in [1.807, 2.05) is 30.3 Å². The Morgan fingerprint density at radius 3 is 1.80 bits per heavy atom. The number of rotatable bonds is 2. The number of benzene rings is 2. The second kappa shape index (κ2) is 4.37. The molecule has 0 heterocycles. The molecule has 0 unspecified atom stereocenters. The lowest BCUT2D eigenvalue weighted by atomic mass is 10.3. The Morgan fingerprint density at radius 2 is 1.20 bits per heavy atom. The zero-order chi connectivity index (χ0) is 10.5. The van der Waals surface area contributed by atoms with Crippen LogP contribution < -0.4 is 5.73 Å². The first-order chi connectivity index (χ1) is 7.34. The van der Waals surface area contributed by atoms with Crippen LogP contribution >= 0.6 is 0 Å². The Hall–Kier alpha value is -2.16. The predicted octanol–water partition coefficient (Wildman–Crippen LogP) is 4.02. The summed E-state index contributed by atoms with van der Waals surface area (Å²) in [4.78, 5) is 0. The molecule has 0 aliphatic rings. The molecule has 0 amide bonds. The van der Waals surface area contributed by atoms with Crippen molar-refractivity contribution in [3.05, 3.63) is 54.6 Å². The van der Waals surface area contributed by atoms with E-state index >= 15 is 0 Å². The summed E-state index contributed by atoms with van der Waals surface area (Å²) >= 11 is 0. The molecule has 0 bridgehead atoms. The second-order valence-electron chi connectivity index (χ2n) is 3.08. The van der Waals surface area contributed by atoms with Gasteiger partial charge in [-0.15, -0.1) is 0 Å². The molecule has 0 saturated carbocycles. The van der Waals surface area contributed by atoms with Crippen molar-refractivity contribution in [1.82, 2.24) is 5.73 Å². The van der Waals surface area contributed by atoms with Gasteiger partial charge in [0.2, 0.25) is 0 Å². The van der Waals surface area contributed by atoms with Gasteiger partial charge in [0.05, 0.1) is 17.1 Å². The van der Waals surface area contributed by atoms with Crippen LogP contribution in [-0.2, 0) is 0 Å². The first-order valence-corrected chi connectivity index (χ1v) is 4.63. The molecule has 0 aliphatic carbocycles. The molecule has 0 aliphatic heterocycles. The fourth-order valence-corrected chi connectivity index (χ4v) is 1.14. The van der Waals surface area contributed by atoms with Crippen LogP contribution in [0, 0.1) is 0 Å². The molecule has 2 aromatic carbocycles. The Kier molecular flexibility index (Phi) is 2.74. The van der Waals surface area contributed by atoms with E-state index in [0.717, 1.165) is 11.4 Å². The highest BCUT2D eigenvalue weighted by Gasteiger charge is 1.89. The molecule has 1 radical (unpaired) electrons. The molecule has 73 valence electrons. The zero-order valence-electron chi connectivity index (χ0n) is 8.09. The van der Waals surface area contributed by atoms with Gasteiger partial charge in [0.1, 0.15) is 0 Å². The Balaban J connectivity index is 2.15. The van der Waals surface area contributed by atoms with Crippen molar-refractivity contribution in [1.29, 1.82) is 0 Å². The molecule has 2 aromatic rings. The van der Waals surface area contributed by atoms with Crippen molar-refractivity contribution < 1.29 is 0 Å². The van der Waals surface area contributed by atoms with E-state index in [1.165, 1.54) is 0 Å². The van der Waals surface area contributed by atoms with Gasteiger partial charge in [-0.05, 0) is 36.4 Å². The lowest BCUT2D eigenvalue weighted by molar-refractivity contribution is 1.23. The normalized spacial score (nSPS) is 10.7. The van der Waals surface area contributed by atoms with Crippen molar-refractivity contribution >= 4 is 17.1 Å². The molecule has 15 heavy (non-hydrogen) atoms. The van der Waals surface area contributed by atoms with Crippen molar-refractivity contribution in [2.24, 2.45) is 10.2 Å². The quantitative estimate of drug-likeness (QED) is 0.651. The van der Waals surface area contributed by atoms with E-state index in [9.17, 15) is 0 Å². The highest BCUT2D eigenvalue weighted by atomic mass is 15.1. The Bertz CT molecular complexity index is 446. The third-order valence-electron chi connectivity index (χ3n) is 1.90. The smallest absolute Gasteiger partial charge is 0.0858 e. The summed E-state index contributed by atoms with van der Waals surface area (Å²) in [6.45, 7) is 0. The average molecular weight is 196 g/mol. The minimum atomic E-state index is 0.480. The molecule has 0 saturated heterocycles. The summed E-state index contributed by atoms with van der Waals surface area (Å²) in [7, 11) is 0. The summed E-state index contributed by atoms with van der Waals surface area (Å²) in [6, 6.07) is 16.5. The third-order valence-corrected chi connectivity index (χ3v) is 1.90. The number of hydrogen-bond donors (Lipinski definition) is 0. The van der Waals surface area contributed by atoms with E-state index in [1.54, 1.807) is 24.3 Å². The van der Waals surface area contributed by atoms with Crippen LogP contribution in [0.5, 0.6) is 0 Å². The van der Waals surface area contributed by atoms with Crippen molar-refractivity contribution in [3.8, 4) is 0 Å². The van der Waals surface area contributed by atoms with Gasteiger partial charge in [-0.3, -0.25) is 0 Å². The maximum atomic E-state index is 7.32. The maximum Gasteiger partial charge on any atom is 0.0858 e. The monoisotopic (exact) mass is 196 g/mol. The van der Waals surface area contributed by atoms with E-state index in [2.05, 4.69) is 10.2 Å². The lowest BCUT2D eigenvalue weighted by Gasteiger charge is -1.93. The molecular formula is C12H10N3. The molecule has 0 fully saturated rings. The van der Waals surface area contributed by atoms with E-state index in [0.29, 0.717) is 5.69 Å². The van der Waals surface area contributed by atoms with Gasteiger partial charge in [0.15, 0.2) is 0 Å². The largest absolute Gasteiger partial charge is 0.301 e. The van der Waals surface area contributed by atoms with Crippen LogP contribution in [-0.4, -0.2) is 0 Å². The standard InChI is InChI=1S/C12H10N3/c13-10-6-8-12(9-7-10)15-14-11-4-2-1-3-5-11/h1-9,13H/b15-14+. The number of azo groups is 1. The SMILES string of the molecule is [NH]c1ccc(/N=N/c2ccccc2)cc1. The van der Waals surface area contributed by atoms with Crippen molar-refractivity contribution in [2.75, 3.05) is 0 Å². The molecule has 0 aromatic heterocycles. The minimum Gasteiger partial charge on any atom is -0.301 e. The molecule has 2 rings (SSSR count). The summed E-state index contributed by atoms with van der Waals surface area (Å²) in [5.74, 6) is 0. The average Bonchev–Trinajstić information content (AvgIpc) is 2.30. The first kappa shape index (κ1) is 9.40. The molecule has 1 N–H and O–H groups in total. The highest BCUT2D eigenvalue weighted by molar-refractivity contribution is 5.46. The zero-order valence-corrected chi connectivity index (χ0v) is 8.09. The van der Waals surface area contributed by atoms with Gasteiger partial charge in [0.25, 0.3) is 0 Å². The van der Waals surface area contributed by atoms with Crippen molar-refractivity contribution in [3.63, 3.8) is 0 Å². The lowest BCUT2D eigenvalue weighted by Crippen LogP contribution is -1.67. The Morgan fingerprint density at radius 1 is 0.667 bits per heavy atom. The van der Waals surface area contributed by atoms with Crippen LogP contribution in [0.3, 0.4) is 0 Å². The molecule has 3 heteroatoms. The summed E-state index contributed by atoms with van der Waals surface area (Å²) in [5.41, 5.74) is 9.38. The number of nitrogens with one attached hydrogen (secondary N) is 1. The second-order valence-corrected chi connectivity index (χ2v) is 3.08. The number of nitrogens with zero attached hydrogens (tertiary/aromatic N) is 2. The fourth-order valence-electron chi connectivity index (χ4n) is 1.14. The molecular weight excluding hydrogens is 186 g/mol. The van der Waals surface area contributed by atoms with Gasteiger partial charge in [-0.25, -0.2) is 0 Å². The first-order valence-electron chi connectivity index (χ1n) is 4.63. The molecule has 3 nitrogen and oxygen atoms in total. The van der Waals surface area contributed by atoms with Crippen LogP contribution in [0.15, 0.2) is 64.8 Å². The van der Waals surface area contributed by atoms with E-state index < -0.39 is 0 Å². The predicted molar refractivity (Wildman–Crippen MR) is 59.8 cm³/mol. The van der Waals surface area contributed by atoms with E-state index in [4.69, 9.17) is 5.73 Å². The summed E-state index contributed by atoms with van der Waals surface area (Å²) in [5, 5.41) is 8.13. The van der Waals surface area contributed by atoms with Crippen LogP contribution in [0.4, 0.5) is 17.1 Å².